The summed E-state index contributed by atoms with van der Waals surface area (Å²) in [5.74, 6) is -1.63. The Balaban J connectivity index is 0.000000150. The van der Waals surface area contributed by atoms with E-state index in [2.05, 4.69) is 95.3 Å². The number of aryl methyl sites for hydroxylation is 6. The molecule has 3 atom stereocenters. The Morgan fingerprint density at radius 3 is 1.02 bits per heavy atom. The van der Waals surface area contributed by atoms with Gasteiger partial charge in [0.15, 0.2) is 28.2 Å². The number of hydrogen-bond acceptors (Lipinski definition) is 27. The van der Waals surface area contributed by atoms with Crippen LogP contribution >= 0.6 is 118 Å². The number of fused-ring (bicyclic) bond motifs is 5. The van der Waals surface area contributed by atoms with Gasteiger partial charge < -0.3 is 63.8 Å². The minimum absolute atomic E-state index is 0.0621. The summed E-state index contributed by atoms with van der Waals surface area (Å²) < 4.78 is 73.6. The number of aliphatic hydroxyl groups excluding tert-OH is 4. The van der Waals surface area contributed by atoms with Crippen LogP contribution in [0.1, 0.15) is 12.8 Å². The van der Waals surface area contributed by atoms with Gasteiger partial charge in [-0.3, -0.25) is 93.6 Å². The number of nitrogens with zero attached hydrogens (tertiary/aromatic N) is 15. The standard InChI is InChI=1S/C19H19FIN5O2.C17H16BrFN4O4.C17H16ClIN4O4.C17H17FIN5O2.C16H15FIN5O2/c1-25-16(27)7-15(24-14-3-2-12(21)6-13(14)20)17-18(25)23-10-26(19(17)28)9-11-4-5-22-8-11;1-22-14(26)5-13(21-12-3-2-9(18)4-11(12)19)15-16(22)20-8-23(17(15)27)6-10(25)7-24;1-22-14(26)5-13(21-12-3-2-9(19)4-11(12)18)15-16(22)20-8-23(17(15)27)6-10(25)7-24;1-23-14(25)8-13(22-12-4-3-10(19)7-11(12)18)15-16(23)21-9-24(17(15)26)6-2-5-20;1-22-13(24)7-12(21-11-3-2-9(18)6-10(11)17)14-15(22)20-8-23(5-4-19)16(14)25/h2-3,6-7,10-11,22,24H,4-5,8-9H2,1H3;2*2-5,8,10,21,24-25H,6-7H2,1H3;3-4,7-9,22H,2,5-6,20H2,1H3;2-3,6-8,21H,4-5,19H2,1H3/t;2*10-;;/m.00../s1. The van der Waals surface area contributed by atoms with Crippen molar-refractivity contribution in [1.82, 2.24) is 75.9 Å². The molecule has 0 amide bonds. The molecule has 0 radical (unpaired) electrons. The molecule has 1 aliphatic heterocycles. The molecule has 133 heavy (non-hydrogen) atoms. The lowest BCUT2D eigenvalue weighted by atomic mass is 10.1. The van der Waals surface area contributed by atoms with E-state index in [1.54, 1.807) is 66.2 Å². The first-order valence-corrected chi connectivity index (χ1v) is 45.6. The number of halogens is 10. The molecule has 15 aromatic rings. The van der Waals surface area contributed by atoms with Gasteiger partial charge in [0, 0.05) is 111 Å². The van der Waals surface area contributed by atoms with E-state index >= 15 is 0 Å². The SMILES string of the molecule is Cn1c(=O)cc(Nc2ccc(Br)cc2F)c2c(=O)n(C[C@H](O)CO)cnc21.Cn1c(=O)cc(Nc2ccc(I)cc2Cl)c2c(=O)n(C[C@H](O)CO)cnc21.Cn1c(=O)cc(Nc2ccc(I)cc2F)c2c(=O)n(CC3CCNC3)cnc21.Cn1c(=O)cc(Nc2ccc(I)cc2F)c2c(=O)n(CCCN)cnc21.Cn1c(=O)cc(Nc2ccc(I)cc2F)c2c(=O)n(CCN)cnc21. The van der Waals surface area contributed by atoms with Crippen molar-refractivity contribution in [3.8, 4) is 0 Å². The number of pyridine rings is 5. The fourth-order valence-electron chi connectivity index (χ4n) is 13.8. The molecule has 696 valence electrons. The van der Waals surface area contributed by atoms with Crippen LogP contribution in [0.2, 0.25) is 5.02 Å². The minimum atomic E-state index is -1.14. The number of aliphatic hydroxyl groups is 4. The summed E-state index contributed by atoms with van der Waals surface area (Å²) in [6.45, 7) is 2.47. The van der Waals surface area contributed by atoms with Crippen molar-refractivity contribution in [2.75, 3.05) is 66.0 Å². The molecule has 47 heteroatoms. The molecule has 0 bridgehead atoms. The zero-order valence-electron chi connectivity index (χ0n) is 70.9. The monoisotopic (exact) mass is 2360 g/mol. The molecule has 0 spiro atoms. The molecule has 14 N–H and O–H groups in total. The maximum atomic E-state index is 14.3. The second-order valence-electron chi connectivity index (χ2n) is 30.1. The topological polar surface area (TPSA) is 490 Å². The van der Waals surface area contributed by atoms with E-state index in [4.69, 9.17) is 33.3 Å². The molecule has 1 aliphatic rings. The molecule has 10 aromatic heterocycles. The molecule has 0 saturated carbocycles. The van der Waals surface area contributed by atoms with Crippen molar-refractivity contribution in [2.45, 2.75) is 57.8 Å². The van der Waals surface area contributed by atoms with Crippen LogP contribution < -0.4 is 99.0 Å². The van der Waals surface area contributed by atoms with Crippen LogP contribution in [0.25, 0.3) is 55.2 Å². The first kappa shape index (κ1) is 101. The van der Waals surface area contributed by atoms with E-state index in [1.807, 2.05) is 73.8 Å². The van der Waals surface area contributed by atoms with Gasteiger partial charge in [-0.15, -0.1) is 0 Å². The van der Waals surface area contributed by atoms with Crippen LogP contribution in [0.15, 0.2) is 205 Å². The average Bonchev–Trinajstić information content (AvgIpc) is 1.29. The van der Waals surface area contributed by atoms with E-state index < -0.39 is 65.4 Å². The summed E-state index contributed by atoms with van der Waals surface area (Å²) in [5.41, 5.74) is 10.6. The summed E-state index contributed by atoms with van der Waals surface area (Å²) in [5, 5.41) is 56.4. The lowest BCUT2D eigenvalue weighted by molar-refractivity contribution is 0.0802. The van der Waals surface area contributed by atoms with Crippen molar-refractivity contribution in [1.29, 1.82) is 0 Å². The van der Waals surface area contributed by atoms with Crippen LogP contribution in [0, 0.1) is 43.5 Å². The molecule has 1 fully saturated rings. The molecule has 5 aromatic carbocycles. The Hall–Kier alpha value is -11.3. The molecular formula is C86H83BrClF4I4N23O14. The first-order chi connectivity index (χ1) is 63.4. The highest BCUT2D eigenvalue weighted by Crippen LogP contribution is 2.33. The van der Waals surface area contributed by atoms with E-state index in [0.29, 0.717) is 53.7 Å². The highest BCUT2D eigenvalue weighted by atomic mass is 127. The van der Waals surface area contributed by atoms with E-state index in [1.165, 1.54) is 157 Å². The predicted octanol–water partition coefficient (Wildman–Crippen LogP) is 8.21. The minimum Gasteiger partial charge on any atom is -0.394 e. The molecule has 37 nitrogen and oxygen atoms in total. The number of anilines is 10. The van der Waals surface area contributed by atoms with Crippen LogP contribution in [0.4, 0.5) is 74.4 Å². The van der Waals surface area contributed by atoms with Gasteiger partial charge in [0.2, 0.25) is 0 Å². The van der Waals surface area contributed by atoms with Crippen molar-refractivity contribution >= 4 is 230 Å². The molecule has 1 unspecified atom stereocenters. The number of hydrogen-bond donors (Lipinski definition) is 12. The number of rotatable bonds is 23. The summed E-state index contributed by atoms with van der Waals surface area (Å²) >= 11 is 17.6. The maximum absolute atomic E-state index is 14.3. The Labute approximate surface area is 816 Å². The Morgan fingerprint density at radius 2 is 0.707 bits per heavy atom. The summed E-state index contributed by atoms with van der Waals surface area (Å²) in [6, 6.07) is 30.0. The van der Waals surface area contributed by atoms with E-state index in [0.717, 1.165) is 38.4 Å². The number of benzene rings is 5. The molecule has 16 rings (SSSR count). The zero-order chi connectivity index (χ0) is 96.2. The second kappa shape index (κ2) is 44.7. The lowest BCUT2D eigenvalue weighted by Crippen LogP contribution is -2.31. The normalized spacial score (nSPS) is 12.7. The smallest absolute Gasteiger partial charge is 0.264 e. The van der Waals surface area contributed by atoms with E-state index in [-0.39, 0.29) is 165 Å². The molecule has 11 heterocycles. The quantitative estimate of drug-likeness (QED) is 0.0212. The van der Waals surface area contributed by atoms with E-state index in [9.17, 15) is 75.7 Å². The van der Waals surface area contributed by atoms with Crippen LogP contribution in [-0.2, 0) is 68.0 Å². The highest BCUT2D eigenvalue weighted by molar-refractivity contribution is 14.1. The van der Waals surface area contributed by atoms with Gasteiger partial charge in [0.25, 0.3) is 55.6 Å². The lowest BCUT2D eigenvalue weighted by Gasteiger charge is -2.15. The van der Waals surface area contributed by atoms with Crippen LogP contribution in [0.3, 0.4) is 0 Å². The van der Waals surface area contributed by atoms with Crippen LogP contribution in [-0.4, -0.2) is 143 Å². The average molecular weight is 2360 g/mol. The van der Waals surface area contributed by atoms with Gasteiger partial charge in [-0.05, 0) is 220 Å². The molecule has 1 saturated heterocycles. The summed E-state index contributed by atoms with van der Waals surface area (Å²) in [4.78, 5) is 147. The first-order valence-electron chi connectivity index (χ1n) is 40.2. The largest absolute Gasteiger partial charge is 0.394 e. The Kier molecular flexibility index (Phi) is 33.8. The van der Waals surface area contributed by atoms with Gasteiger partial charge in [-0.1, -0.05) is 27.5 Å². The van der Waals surface area contributed by atoms with Crippen molar-refractivity contribution < 1.29 is 38.0 Å². The number of nitrogens with one attached hydrogen (secondary N) is 6. The maximum Gasteiger partial charge on any atom is 0.264 e. The summed E-state index contributed by atoms with van der Waals surface area (Å²) in [6.07, 6.45) is 6.03. The second-order valence-corrected chi connectivity index (χ2v) is 36.4. The van der Waals surface area contributed by atoms with Gasteiger partial charge in [0.05, 0.1) is 132 Å². The van der Waals surface area contributed by atoms with Gasteiger partial charge in [0.1, 0.15) is 50.2 Å². The van der Waals surface area contributed by atoms with Crippen molar-refractivity contribution in [3.05, 3.63) is 304 Å². The Bertz CT molecular complexity index is 7490. The molecular weight excluding hydrogens is 2280 g/mol. The number of nitrogens with two attached hydrogens (primary N) is 2. The van der Waals surface area contributed by atoms with Gasteiger partial charge in [-0.2, -0.15) is 0 Å². The highest BCUT2D eigenvalue weighted by Gasteiger charge is 2.25. The van der Waals surface area contributed by atoms with Gasteiger partial charge in [-0.25, -0.2) is 42.5 Å². The number of aromatic nitrogens is 15. The van der Waals surface area contributed by atoms with Gasteiger partial charge >= 0.3 is 0 Å². The third kappa shape index (κ3) is 23.5. The van der Waals surface area contributed by atoms with Crippen LogP contribution in [0.5, 0.6) is 0 Å². The fraction of sp³-hybridized carbons (Fsp3) is 0.244. The van der Waals surface area contributed by atoms with Crippen molar-refractivity contribution in [3.63, 3.8) is 0 Å². The van der Waals surface area contributed by atoms with Crippen molar-refractivity contribution in [2.24, 2.45) is 52.6 Å². The summed E-state index contributed by atoms with van der Waals surface area (Å²) in [7, 11) is 7.62. The predicted molar refractivity (Wildman–Crippen MR) is 538 cm³/mol. The third-order valence-corrected chi connectivity index (χ3v) is 24.3. The Morgan fingerprint density at radius 1 is 0.414 bits per heavy atom. The fourth-order valence-corrected chi connectivity index (χ4v) is 16.4. The molecule has 0 aliphatic carbocycles. The third-order valence-electron chi connectivity index (χ3n) is 20.8. The zero-order valence-corrected chi connectivity index (χ0v) is 81.8.